The predicted molar refractivity (Wildman–Crippen MR) is 51.7 cm³/mol. The van der Waals surface area contributed by atoms with Crippen LogP contribution >= 0.6 is 15.9 Å². The van der Waals surface area contributed by atoms with Crippen LogP contribution in [0.5, 0.6) is 0 Å². The number of alkyl halides is 2. The maximum atomic E-state index is 12.3. The summed E-state index contributed by atoms with van der Waals surface area (Å²) < 4.78 is 24.5. The maximum Gasteiger partial charge on any atom is 0.338 e. The van der Waals surface area contributed by atoms with Crippen molar-refractivity contribution in [2.24, 2.45) is 5.73 Å². The molecule has 0 aromatic carbocycles. The second-order valence-corrected chi connectivity index (χ2v) is 3.43. The van der Waals surface area contributed by atoms with Crippen LogP contribution in [0.25, 0.3) is 0 Å². The lowest BCUT2D eigenvalue weighted by Gasteiger charge is -2.08. The van der Waals surface area contributed by atoms with Crippen LogP contribution in [0, 0.1) is 0 Å². The molecule has 7 heteroatoms. The number of carboxylic acid groups (broad SMARTS) is 1. The molecule has 0 atom stereocenters. The number of rotatable bonds is 3. The van der Waals surface area contributed by atoms with Crippen molar-refractivity contribution in [1.29, 1.82) is 0 Å². The Kier molecular flexibility index (Phi) is 3.70. The Balaban J connectivity index is 3.37. The zero-order valence-corrected chi connectivity index (χ0v) is 8.96. The van der Waals surface area contributed by atoms with Crippen LogP contribution in [0.2, 0.25) is 0 Å². The van der Waals surface area contributed by atoms with E-state index in [1.54, 1.807) is 0 Å². The molecule has 0 radical (unpaired) electrons. The van der Waals surface area contributed by atoms with Gasteiger partial charge in [-0.1, -0.05) is 0 Å². The van der Waals surface area contributed by atoms with Crippen molar-refractivity contribution < 1.29 is 18.7 Å². The van der Waals surface area contributed by atoms with Gasteiger partial charge in [-0.25, -0.2) is 18.6 Å². The van der Waals surface area contributed by atoms with Crippen molar-refractivity contribution in [2.75, 3.05) is 0 Å². The minimum Gasteiger partial charge on any atom is -0.478 e. The third-order valence-corrected chi connectivity index (χ3v) is 2.31. The number of nitrogens with zero attached hydrogens (tertiary/aromatic N) is 1. The molecule has 0 unspecified atom stereocenters. The highest BCUT2D eigenvalue weighted by molar-refractivity contribution is 9.10. The minimum atomic E-state index is -2.76. The molecule has 15 heavy (non-hydrogen) atoms. The number of carbonyl (C=O) groups is 1. The molecule has 4 nitrogen and oxygen atoms in total. The number of halogens is 3. The van der Waals surface area contributed by atoms with Crippen LogP contribution in [0.3, 0.4) is 0 Å². The summed E-state index contributed by atoms with van der Waals surface area (Å²) in [6.07, 6.45) is -2.76. The summed E-state index contributed by atoms with van der Waals surface area (Å²) in [7, 11) is 0. The summed E-state index contributed by atoms with van der Waals surface area (Å²) >= 11 is 2.83. The van der Waals surface area contributed by atoms with Gasteiger partial charge in [-0.2, -0.15) is 0 Å². The summed E-state index contributed by atoms with van der Waals surface area (Å²) in [5.41, 5.74) is 4.72. The van der Waals surface area contributed by atoms with E-state index in [-0.39, 0.29) is 22.3 Å². The number of nitrogens with two attached hydrogens (primary N) is 1. The zero-order chi connectivity index (χ0) is 11.6. The van der Waals surface area contributed by atoms with E-state index in [9.17, 15) is 13.6 Å². The number of hydrogen-bond acceptors (Lipinski definition) is 3. The first-order valence-corrected chi connectivity index (χ1v) is 4.67. The van der Waals surface area contributed by atoms with E-state index >= 15 is 0 Å². The second kappa shape index (κ2) is 4.63. The Labute approximate surface area is 92.2 Å². The van der Waals surface area contributed by atoms with Gasteiger partial charge in [-0.15, -0.1) is 0 Å². The van der Waals surface area contributed by atoms with Crippen LogP contribution in [0.15, 0.2) is 10.7 Å². The molecule has 1 heterocycles. The van der Waals surface area contributed by atoms with Gasteiger partial charge in [0.15, 0.2) is 0 Å². The zero-order valence-electron chi connectivity index (χ0n) is 7.38. The molecule has 0 amide bonds. The molecule has 82 valence electrons. The van der Waals surface area contributed by atoms with Gasteiger partial charge in [0, 0.05) is 6.54 Å². The molecule has 0 saturated heterocycles. The van der Waals surface area contributed by atoms with Crippen molar-refractivity contribution >= 4 is 21.9 Å². The predicted octanol–water partition coefficient (Wildman–Crippen LogP) is 1.94. The van der Waals surface area contributed by atoms with Gasteiger partial charge in [0.1, 0.15) is 10.3 Å². The summed E-state index contributed by atoms with van der Waals surface area (Å²) in [6, 6.07) is 0.999. The van der Waals surface area contributed by atoms with E-state index in [1.165, 1.54) is 0 Å². The molecule has 0 fully saturated rings. The van der Waals surface area contributed by atoms with Crippen LogP contribution in [-0.4, -0.2) is 16.1 Å². The number of pyridine rings is 1. The third-order valence-electron chi connectivity index (χ3n) is 1.73. The van der Waals surface area contributed by atoms with Gasteiger partial charge in [0.2, 0.25) is 0 Å². The highest BCUT2D eigenvalue weighted by Crippen LogP contribution is 2.25. The summed E-state index contributed by atoms with van der Waals surface area (Å²) in [5.74, 6) is -1.25. The normalized spacial score (nSPS) is 10.7. The van der Waals surface area contributed by atoms with Crippen molar-refractivity contribution in [3.63, 3.8) is 0 Å². The molecular weight excluding hydrogens is 274 g/mol. The summed E-state index contributed by atoms with van der Waals surface area (Å²) in [6.45, 7) is -0.136. The third kappa shape index (κ3) is 2.48. The fourth-order valence-electron chi connectivity index (χ4n) is 1.08. The summed E-state index contributed by atoms with van der Waals surface area (Å²) in [4.78, 5) is 14.2. The number of hydrogen-bond donors (Lipinski definition) is 2. The lowest BCUT2D eigenvalue weighted by Crippen LogP contribution is -2.10. The molecule has 0 bridgehead atoms. The monoisotopic (exact) mass is 280 g/mol. The smallest absolute Gasteiger partial charge is 0.338 e. The maximum absolute atomic E-state index is 12.3. The Morgan fingerprint density at radius 1 is 1.67 bits per heavy atom. The van der Waals surface area contributed by atoms with Crippen LogP contribution in [0.4, 0.5) is 8.78 Å². The van der Waals surface area contributed by atoms with Crippen molar-refractivity contribution in [1.82, 2.24) is 4.98 Å². The Morgan fingerprint density at radius 2 is 2.27 bits per heavy atom. The van der Waals surface area contributed by atoms with Crippen molar-refractivity contribution in [3.05, 3.63) is 27.5 Å². The van der Waals surface area contributed by atoms with E-state index in [1.807, 2.05) is 0 Å². The highest BCUT2D eigenvalue weighted by Gasteiger charge is 2.19. The highest BCUT2D eigenvalue weighted by atomic mass is 79.9. The van der Waals surface area contributed by atoms with Crippen molar-refractivity contribution in [2.45, 2.75) is 13.0 Å². The molecule has 1 aromatic heterocycles. The van der Waals surface area contributed by atoms with Gasteiger partial charge in [-0.3, -0.25) is 0 Å². The number of aromatic nitrogens is 1. The Morgan fingerprint density at radius 3 is 2.67 bits per heavy atom. The first kappa shape index (κ1) is 12.0. The van der Waals surface area contributed by atoms with Crippen molar-refractivity contribution in [3.8, 4) is 0 Å². The molecule has 1 aromatic rings. The molecule has 0 saturated carbocycles. The largest absolute Gasteiger partial charge is 0.478 e. The molecule has 3 N–H and O–H groups in total. The fourth-order valence-corrected chi connectivity index (χ4v) is 1.71. The standard InChI is InChI=1S/C8H7BrF2N2O2/c9-6-5(8(14)15)3(2-12)1-4(13-6)7(10)11/h1,7H,2,12H2,(H,14,15). The molecular formula is C8H7BrF2N2O2. The second-order valence-electron chi connectivity index (χ2n) is 2.68. The first-order valence-electron chi connectivity index (χ1n) is 3.88. The molecule has 0 aliphatic heterocycles. The molecule has 1 rings (SSSR count). The molecule has 0 aliphatic rings. The van der Waals surface area contributed by atoms with Gasteiger partial charge >= 0.3 is 5.97 Å². The minimum absolute atomic E-state index is 0.125. The van der Waals surface area contributed by atoms with Gasteiger partial charge in [-0.05, 0) is 27.6 Å². The van der Waals surface area contributed by atoms with Gasteiger partial charge in [0.25, 0.3) is 6.43 Å². The first-order chi connectivity index (χ1) is 6.97. The van der Waals surface area contributed by atoms with Gasteiger partial charge in [0.05, 0.1) is 5.56 Å². The van der Waals surface area contributed by atoms with E-state index in [0.29, 0.717) is 0 Å². The van der Waals surface area contributed by atoms with Crippen LogP contribution < -0.4 is 5.73 Å². The average Bonchev–Trinajstić information content (AvgIpc) is 2.15. The lowest BCUT2D eigenvalue weighted by atomic mass is 10.1. The molecule has 0 aliphatic carbocycles. The van der Waals surface area contributed by atoms with Crippen LogP contribution in [-0.2, 0) is 6.54 Å². The van der Waals surface area contributed by atoms with Crippen LogP contribution in [0.1, 0.15) is 28.0 Å². The number of aromatic carboxylic acids is 1. The number of carboxylic acids is 1. The summed E-state index contributed by atoms with van der Waals surface area (Å²) in [5, 5.41) is 8.79. The van der Waals surface area contributed by atoms with Gasteiger partial charge < -0.3 is 10.8 Å². The van der Waals surface area contributed by atoms with E-state index in [0.717, 1.165) is 6.07 Å². The molecule has 0 spiro atoms. The quantitative estimate of drug-likeness (QED) is 0.830. The SMILES string of the molecule is NCc1cc(C(F)F)nc(Br)c1C(=O)O. The lowest BCUT2D eigenvalue weighted by molar-refractivity contribution is 0.0693. The topological polar surface area (TPSA) is 76.2 Å². The Bertz CT molecular complexity index is 398. The Hall–Kier alpha value is -1.08. The average molecular weight is 281 g/mol. The van der Waals surface area contributed by atoms with E-state index < -0.39 is 18.1 Å². The van der Waals surface area contributed by atoms with E-state index in [2.05, 4.69) is 20.9 Å². The van der Waals surface area contributed by atoms with E-state index in [4.69, 9.17) is 10.8 Å². The fraction of sp³-hybridized carbons (Fsp3) is 0.250.